The summed E-state index contributed by atoms with van der Waals surface area (Å²) in [6, 6.07) is 8.26. The molecule has 0 atom stereocenters. The van der Waals surface area contributed by atoms with Gasteiger partial charge in [0.2, 0.25) is 0 Å². The van der Waals surface area contributed by atoms with E-state index < -0.39 is 0 Å². The Labute approximate surface area is 317 Å². The first-order valence-corrected chi connectivity index (χ1v) is 18.9. The molecule has 3 aliphatic heterocycles. The Morgan fingerprint density at radius 2 is 1.31 bits per heavy atom. The van der Waals surface area contributed by atoms with Gasteiger partial charge < -0.3 is 15.0 Å². The van der Waals surface area contributed by atoms with E-state index in [0.29, 0.717) is 17.3 Å². The fourth-order valence-corrected chi connectivity index (χ4v) is 4.66. The molecule has 0 spiro atoms. The number of aromatic nitrogens is 4. The summed E-state index contributed by atoms with van der Waals surface area (Å²) in [5, 5.41) is 0. The number of H-pyrrole nitrogens is 3. The minimum Gasteiger partial charge on any atom is -0.365 e. The summed E-state index contributed by atoms with van der Waals surface area (Å²) in [6.07, 6.45) is 21.0. The minimum absolute atomic E-state index is 0.156. The largest absolute Gasteiger partial charge is 0.365 e. The highest BCUT2D eigenvalue weighted by Gasteiger charge is 2.18. The average molecular weight is 712 g/mol. The van der Waals surface area contributed by atoms with E-state index in [1.165, 1.54) is 28.4 Å². The topological polar surface area (TPSA) is 97.3 Å². The van der Waals surface area contributed by atoms with Gasteiger partial charge in [0.15, 0.2) is 0 Å². The zero-order chi connectivity index (χ0) is 39.6. The van der Waals surface area contributed by atoms with Gasteiger partial charge in [-0.05, 0) is 53.2 Å². The quantitative estimate of drug-likeness (QED) is 0.242. The van der Waals surface area contributed by atoms with E-state index in [0.717, 1.165) is 25.3 Å². The third-order valence-electron chi connectivity index (χ3n) is 8.05. The van der Waals surface area contributed by atoms with Crippen molar-refractivity contribution >= 4 is 18.1 Å². The Balaban J connectivity index is 0.000000312. The molecule has 0 aliphatic carbocycles. The summed E-state index contributed by atoms with van der Waals surface area (Å²) in [5.74, 6) is 2.28. The number of nitrogens with one attached hydrogen (secondary N) is 3. The van der Waals surface area contributed by atoms with Crippen LogP contribution in [0.25, 0.3) is 0 Å². The van der Waals surface area contributed by atoms with Gasteiger partial charge in [-0.3, -0.25) is 15.0 Å². The number of allylic oxidation sites excluding steroid dienone is 4. The van der Waals surface area contributed by atoms with Gasteiger partial charge in [0.25, 0.3) is 0 Å². The molecule has 52 heavy (non-hydrogen) atoms. The molecule has 3 N–H and O–H groups in total. The van der Waals surface area contributed by atoms with Gasteiger partial charge in [-0.2, -0.15) is 0 Å². The third kappa shape index (κ3) is 19.0. The molecule has 0 unspecified atom stereocenters. The lowest BCUT2D eigenvalue weighted by molar-refractivity contribution is 0.500. The van der Waals surface area contributed by atoms with Gasteiger partial charge in [-0.1, -0.05) is 129 Å². The Kier molecular flexibility index (Phi) is 19.0. The van der Waals surface area contributed by atoms with Gasteiger partial charge in [0, 0.05) is 82.7 Å². The van der Waals surface area contributed by atoms with Crippen LogP contribution in [-0.2, 0) is 10.8 Å². The van der Waals surface area contributed by atoms with E-state index in [-0.39, 0.29) is 16.2 Å². The van der Waals surface area contributed by atoms with Gasteiger partial charge in [-0.15, -0.1) is 0 Å². The Hall–Kier alpha value is -4.00. The zero-order valence-electron chi connectivity index (χ0n) is 35.6. The standard InChI is InChI=1S/3C8H13N.C7H12N2.2C7H11N/c1-8(2,3)7-4-5-9-6-7;2*1-8(2,3)7-5-4-6-9-7;1-7(2,3)6-8-4-5-9-6;2*1-6(2)7-4-3-5-8-7/h4,6H,5H2,1-3H3;5-6H,4H2,1-3H3;4-6,9H,1-3H3;4-5H,1-3H3,(H,8,9);3-4,6H,5H2,1-2H3;3-6,8H,1-2H3. The lowest BCUT2D eigenvalue weighted by Crippen LogP contribution is -2.12. The molecule has 0 aromatic carbocycles. The van der Waals surface area contributed by atoms with Crippen LogP contribution < -0.4 is 0 Å². The predicted molar refractivity (Wildman–Crippen MR) is 229 cm³/mol. The zero-order valence-corrected chi connectivity index (χ0v) is 35.6. The summed E-state index contributed by atoms with van der Waals surface area (Å²) in [4.78, 5) is 26.1. The molecular formula is C45H73N7. The summed E-state index contributed by atoms with van der Waals surface area (Å²) >= 11 is 0. The van der Waals surface area contributed by atoms with Crippen molar-refractivity contribution in [1.29, 1.82) is 0 Å². The maximum Gasteiger partial charge on any atom is 0.111 e. The first-order valence-electron chi connectivity index (χ1n) is 18.9. The van der Waals surface area contributed by atoms with E-state index in [2.05, 4.69) is 182 Å². The van der Waals surface area contributed by atoms with Crippen LogP contribution in [0.2, 0.25) is 0 Å². The maximum absolute atomic E-state index is 4.24. The molecule has 0 bridgehead atoms. The number of hydrogen-bond acceptors (Lipinski definition) is 4. The van der Waals surface area contributed by atoms with Gasteiger partial charge in [-0.25, -0.2) is 4.98 Å². The Bertz CT molecular complexity index is 1460. The second-order valence-electron chi connectivity index (χ2n) is 17.9. The normalized spacial score (nSPS) is 14.8. The van der Waals surface area contributed by atoms with Crippen LogP contribution in [-0.4, -0.2) is 51.2 Å². The molecule has 3 aliphatic rings. The lowest BCUT2D eigenvalue weighted by atomic mass is 9.88. The smallest absolute Gasteiger partial charge is 0.111 e. The van der Waals surface area contributed by atoms with Crippen molar-refractivity contribution in [2.24, 2.45) is 31.7 Å². The maximum atomic E-state index is 4.24. The van der Waals surface area contributed by atoms with Crippen molar-refractivity contribution in [2.75, 3.05) is 13.1 Å². The molecule has 0 saturated heterocycles. The van der Waals surface area contributed by atoms with Gasteiger partial charge in [0.1, 0.15) is 5.82 Å². The Morgan fingerprint density at radius 3 is 1.54 bits per heavy atom. The molecule has 0 radical (unpaired) electrons. The van der Waals surface area contributed by atoms with Crippen LogP contribution in [0.15, 0.2) is 99.6 Å². The molecule has 7 nitrogen and oxygen atoms in total. The van der Waals surface area contributed by atoms with Crippen LogP contribution in [0, 0.1) is 16.7 Å². The molecule has 3 aromatic rings. The van der Waals surface area contributed by atoms with E-state index in [9.17, 15) is 0 Å². The molecule has 6 heterocycles. The first-order chi connectivity index (χ1) is 24.0. The molecular weight excluding hydrogens is 639 g/mol. The van der Waals surface area contributed by atoms with Crippen LogP contribution in [0.3, 0.4) is 0 Å². The van der Waals surface area contributed by atoms with Crippen molar-refractivity contribution < 1.29 is 0 Å². The van der Waals surface area contributed by atoms with Crippen LogP contribution in [0.1, 0.15) is 140 Å². The van der Waals surface area contributed by atoms with Crippen molar-refractivity contribution in [2.45, 2.75) is 134 Å². The van der Waals surface area contributed by atoms with E-state index in [1.807, 2.05) is 43.2 Å². The number of hydrogen-bond donors (Lipinski definition) is 3. The Morgan fingerprint density at radius 1 is 0.654 bits per heavy atom. The predicted octanol–water partition coefficient (Wildman–Crippen LogP) is 12.2. The molecule has 0 fully saturated rings. The van der Waals surface area contributed by atoms with Crippen molar-refractivity contribution in [3.05, 3.63) is 102 Å². The summed E-state index contributed by atoms with van der Waals surface area (Å²) in [5.41, 5.74) is 7.39. The molecule has 3 aromatic heterocycles. The average Bonchev–Trinajstić information content (AvgIpc) is 3.87. The SMILES string of the molecule is CC(C)(C)C1=CCC=N1.CC(C)(C)C1=CCN=C1.CC(C)(C)c1ccc[nH]1.CC(C)(C)c1ncc[nH]1.CC(C)C1=NCC=C1.CC(C)c1ccc[nH]1. The monoisotopic (exact) mass is 712 g/mol. The number of aliphatic imine (C=N–C) groups is 3. The highest BCUT2D eigenvalue weighted by atomic mass is 14.9. The molecule has 0 saturated carbocycles. The van der Waals surface area contributed by atoms with Crippen molar-refractivity contribution in [1.82, 2.24) is 19.9 Å². The molecule has 288 valence electrons. The van der Waals surface area contributed by atoms with Crippen LogP contribution in [0.4, 0.5) is 0 Å². The first kappa shape index (κ1) is 46.0. The van der Waals surface area contributed by atoms with E-state index >= 15 is 0 Å². The summed E-state index contributed by atoms with van der Waals surface area (Å²) in [7, 11) is 0. The minimum atomic E-state index is 0.156. The molecule has 0 amide bonds. The number of imidazole rings is 1. The third-order valence-corrected chi connectivity index (χ3v) is 8.05. The van der Waals surface area contributed by atoms with Crippen molar-refractivity contribution in [3.63, 3.8) is 0 Å². The molecule has 7 heteroatoms. The lowest BCUT2D eigenvalue weighted by Gasteiger charge is -2.16. The van der Waals surface area contributed by atoms with Gasteiger partial charge in [0.05, 0.1) is 13.1 Å². The number of rotatable bonds is 2. The fourth-order valence-electron chi connectivity index (χ4n) is 4.66. The van der Waals surface area contributed by atoms with E-state index in [4.69, 9.17) is 0 Å². The number of nitrogens with zero attached hydrogens (tertiary/aromatic N) is 4. The van der Waals surface area contributed by atoms with Crippen LogP contribution in [0.5, 0.6) is 0 Å². The van der Waals surface area contributed by atoms with Gasteiger partial charge >= 0.3 is 0 Å². The van der Waals surface area contributed by atoms with Crippen molar-refractivity contribution in [3.8, 4) is 0 Å². The summed E-state index contributed by atoms with van der Waals surface area (Å²) in [6.45, 7) is 36.6. The van der Waals surface area contributed by atoms with E-state index in [1.54, 1.807) is 6.20 Å². The second kappa shape index (κ2) is 21.5. The molecule has 6 rings (SSSR count). The fraction of sp³-hybridized carbons (Fsp3) is 0.556. The van der Waals surface area contributed by atoms with Crippen LogP contribution >= 0.6 is 0 Å². The second-order valence-corrected chi connectivity index (χ2v) is 17.9. The highest BCUT2D eigenvalue weighted by Crippen LogP contribution is 2.28. The number of aromatic amines is 3. The highest BCUT2D eigenvalue weighted by molar-refractivity contribution is 5.97. The summed E-state index contributed by atoms with van der Waals surface area (Å²) < 4.78 is 0.